The number of hydrogen-bond acceptors (Lipinski definition) is 5. The first kappa shape index (κ1) is 18.5. The second-order valence-corrected chi connectivity index (χ2v) is 7.90. The molecule has 0 unspecified atom stereocenters. The van der Waals surface area contributed by atoms with Gasteiger partial charge in [-0.05, 0) is 47.5 Å². The summed E-state index contributed by atoms with van der Waals surface area (Å²) in [7, 11) is 0. The number of thioether (sulfide) groups is 1. The molecule has 2 aromatic carbocycles. The number of carbonyl (C=O) groups excluding carboxylic acids is 1. The fraction of sp³-hybridized carbons (Fsp3) is 0.0909. The molecular weight excluding hydrogens is 388 g/mol. The Kier molecular flexibility index (Phi) is 5.60. The van der Waals surface area contributed by atoms with Gasteiger partial charge in [-0.15, -0.1) is 23.1 Å². The fourth-order valence-electron chi connectivity index (χ4n) is 2.78. The van der Waals surface area contributed by atoms with Crippen molar-refractivity contribution in [3.8, 4) is 16.3 Å². The van der Waals surface area contributed by atoms with Crippen LogP contribution in [0.5, 0.6) is 0 Å². The van der Waals surface area contributed by atoms with E-state index in [1.807, 2.05) is 78.4 Å². The highest BCUT2D eigenvalue weighted by Gasteiger charge is 2.20. The van der Waals surface area contributed by atoms with Crippen molar-refractivity contribution in [2.24, 2.45) is 0 Å². The smallest absolute Gasteiger partial charge is 0.342 e. The summed E-state index contributed by atoms with van der Waals surface area (Å²) < 4.78 is 7.30. The molecule has 0 aliphatic carbocycles. The molecule has 6 heteroatoms. The van der Waals surface area contributed by atoms with E-state index in [4.69, 9.17) is 4.74 Å². The lowest BCUT2D eigenvalue weighted by molar-refractivity contribution is 0.0473. The molecule has 0 radical (unpaired) electrons. The molecule has 2 heterocycles. The molecule has 0 bridgehead atoms. The lowest BCUT2D eigenvalue weighted by Crippen LogP contribution is -2.05. The van der Waals surface area contributed by atoms with Crippen molar-refractivity contribution >= 4 is 29.1 Å². The zero-order chi connectivity index (χ0) is 19.3. The van der Waals surface area contributed by atoms with E-state index >= 15 is 0 Å². The van der Waals surface area contributed by atoms with Gasteiger partial charge in [0.05, 0.1) is 10.6 Å². The average molecular weight is 407 g/mol. The van der Waals surface area contributed by atoms with Crippen molar-refractivity contribution in [3.63, 3.8) is 0 Å². The molecule has 0 amide bonds. The van der Waals surface area contributed by atoms with E-state index in [9.17, 15) is 4.79 Å². The van der Waals surface area contributed by atoms with Crippen LogP contribution in [-0.2, 0) is 11.3 Å². The summed E-state index contributed by atoms with van der Waals surface area (Å²) in [6.07, 6.45) is 3.77. The zero-order valence-electron chi connectivity index (χ0n) is 15.2. The van der Waals surface area contributed by atoms with Crippen molar-refractivity contribution < 1.29 is 9.53 Å². The second-order valence-electron chi connectivity index (χ2n) is 6.07. The number of esters is 1. The van der Waals surface area contributed by atoms with Crippen molar-refractivity contribution in [1.29, 1.82) is 0 Å². The summed E-state index contributed by atoms with van der Waals surface area (Å²) in [6, 6.07) is 21.7. The Morgan fingerprint density at radius 2 is 1.86 bits per heavy atom. The molecule has 0 saturated heterocycles. The third-order valence-electron chi connectivity index (χ3n) is 4.24. The Morgan fingerprint density at radius 1 is 1.07 bits per heavy atom. The molecule has 2 aromatic heterocycles. The van der Waals surface area contributed by atoms with Crippen LogP contribution in [0.4, 0.5) is 0 Å². The zero-order valence-corrected chi connectivity index (χ0v) is 16.9. The van der Waals surface area contributed by atoms with Gasteiger partial charge < -0.3 is 4.74 Å². The second kappa shape index (κ2) is 8.46. The maximum absolute atomic E-state index is 12.8. The van der Waals surface area contributed by atoms with Crippen LogP contribution in [0.2, 0.25) is 0 Å². The van der Waals surface area contributed by atoms with E-state index in [2.05, 4.69) is 5.10 Å². The molecule has 4 nitrogen and oxygen atoms in total. The number of rotatable bonds is 6. The van der Waals surface area contributed by atoms with Gasteiger partial charge in [0.25, 0.3) is 0 Å². The first-order valence-electron chi connectivity index (χ1n) is 8.73. The number of aromatic nitrogens is 2. The predicted octanol–water partition coefficient (Wildman–Crippen LogP) is 5.68. The molecule has 0 aliphatic heterocycles. The first-order valence-corrected chi connectivity index (χ1v) is 10.8. The monoisotopic (exact) mass is 406 g/mol. The molecule has 0 aliphatic rings. The predicted molar refractivity (Wildman–Crippen MR) is 114 cm³/mol. The molecule has 140 valence electrons. The quantitative estimate of drug-likeness (QED) is 0.305. The summed E-state index contributed by atoms with van der Waals surface area (Å²) >= 11 is 3.23. The molecule has 28 heavy (non-hydrogen) atoms. The minimum atomic E-state index is -0.375. The molecule has 0 atom stereocenters. The van der Waals surface area contributed by atoms with Gasteiger partial charge in [-0.2, -0.15) is 5.10 Å². The van der Waals surface area contributed by atoms with E-state index < -0.39 is 0 Å². The number of benzene rings is 2. The summed E-state index contributed by atoms with van der Waals surface area (Å²) in [5.74, 6) is -0.375. The number of hydrogen-bond donors (Lipinski definition) is 0. The molecule has 4 aromatic rings. The lowest BCUT2D eigenvalue weighted by atomic mass is 10.2. The van der Waals surface area contributed by atoms with E-state index in [-0.39, 0.29) is 12.6 Å². The van der Waals surface area contributed by atoms with Crippen LogP contribution in [0.25, 0.3) is 16.3 Å². The number of ether oxygens (including phenoxy) is 1. The highest BCUT2D eigenvalue weighted by molar-refractivity contribution is 7.98. The van der Waals surface area contributed by atoms with Crippen LogP contribution in [0, 0.1) is 0 Å². The van der Waals surface area contributed by atoms with E-state index in [1.54, 1.807) is 34.0 Å². The highest BCUT2D eigenvalue weighted by atomic mass is 32.2. The Hall–Kier alpha value is -2.83. The van der Waals surface area contributed by atoms with Crippen LogP contribution >= 0.6 is 23.1 Å². The molecule has 4 rings (SSSR count). The topological polar surface area (TPSA) is 44.1 Å². The maximum atomic E-state index is 12.8. The van der Waals surface area contributed by atoms with Crippen LogP contribution in [-0.4, -0.2) is 22.0 Å². The molecular formula is C22H18N2O2S2. The van der Waals surface area contributed by atoms with Gasteiger partial charge in [0.15, 0.2) is 0 Å². The normalized spacial score (nSPS) is 10.8. The minimum Gasteiger partial charge on any atom is -0.457 e. The van der Waals surface area contributed by atoms with E-state index in [1.165, 1.54) is 4.90 Å². The molecule has 0 saturated carbocycles. The lowest BCUT2D eigenvalue weighted by Gasteiger charge is -2.05. The standard InChI is InChI=1S/C22H18N2O2S2/c1-27-18-11-9-16(10-12-18)15-26-22(25)19-14-24(17-6-3-2-4-7-17)23-21(19)20-8-5-13-28-20/h2-14H,15H2,1H3. The van der Waals surface area contributed by atoms with Gasteiger partial charge in [-0.3, -0.25) is 0 Å². The third-order valence-corrected chi connectivity index (χ3v) is 5.86. The largest absolute Gasteiger partial charge is 0.457 e. The Bertz CT molecular complexity index is 1060. The van der Waals surface area contributed by atoms with Gasteiger partial charge in [0.1, 0.15) is 17.9 Å². The van der Waals surface area contributed by atoms with Crippen molar-refractivity contribution in [1.82, 2.24) is 9.78 Å². The molecule has 0 spiro atoms. The maximum Gasteiger partial charge on any atom is 0.342 e. The van der Waals surface area contributed by atoms with Crippen molar-refractivity contribution in [2.75, 3.05) is 6.26 Å². The van der Waals surface area contributed by atoms with Gasteiger partial charge in [-0.1, -0.05) is 36.4 Å². The minimum absolute atomic E-state index is 0.230. The highest BCUT2D eigenvalue weighted by Crippen LogP contribution is 2.28. The number of carbonyl (C=O) groups is 1. The number of para-hydroxylation sites is 1. The van der Waals surface area contributed by atoms with Crippen LogP contribution in [0.1, 0.15) is 15.9 Å². The molecule has 0 N–H and O–H groups in total. The summed E-state index contributed by atoms with van der Waals surface area (Å²) in [4.78, 5) is 14.9. The molecule has 0 fully saturated rings. The SMILES string of the molecule is CSc1ccc(COC(=O)c2cn(-c3ccccc3)nc2-c2cccs2)cc1. The van der Waals surface area contributed by atoms with Gasteiger partial charge in [-0.25, -0.2) is 9.48 Å². The van der Waals surface area contributed by atoms with Crippen LogP contribution in [0.15, 0.2) is 83.2 Å². The van der Waals surface area contributed by atoms with E-state index in [0.29, 0.717) is 11.3 Å². The van der Waals surface area contributed by atoms with Crippen LogP contribution < -0.4 is 0 Å². The Balaban J connectivity index is 1.59. The van der Waals surface area contributed by atoms with Gasteiger partial charge in [0.2, 0.25) is 0 Å². The number of thiophene rings is 1. The first-order chi connectivity index (χ1) is 13.7. The Morgan fingerprint density at radius 3 is 2.54 bits per heavy atom. The summed E-state index contributed by atoms with van der Waals surface area (Å²) in [6.45, 7) is 0.230. The average Bonchev–Trinajstić information content (AvgIpc) is 3.43. The van der Waals surface area contributed by atoms with Gasteiger partial charge >= 0.3 is 5.97 Å². The fourth-order valence-corrected chi connectivity index (χ4v) is 3.91. The van der Waals surface area contributed by atoms with E-state index in [0.717, 1.165) is 16.1 Å². The Labute approximate surface area is 171 Å². The number of nitrogens with zero attached hydrogens (tertiary/aromatic N) is 2. The van der Waals surface area contributed by atoms with Gasteiger partial charge in [0, 0.05) is 11.1 Å². The third kappa shape index (κ3) is 4.03. The van der Waals surface area contributed by atoms with Crippen molar-refractivity contribution in [3.05, 3.63) is 89.4 Å². The van der Waals surface area contributed by atoms with Crippen molar-refractivity contribution in [2.45, 2.75) is 11.5 Å². The summed E-state index contributed by atoms with van der Waals surface area (Å²) in [5, 5.41) is 6.62. The summed E-state index contributed by atoms with van der Waals surface area (Å²) in [5.41, 5.74) is 2.96. The van der Waals surface area contributed by atoms with Crippen LogP contribution in [0.3, 0.4) is 0 Å².